The van der Waals surface area contributed by atoms with Gasteiger partial charge in [0.05, 0.1) is 26.9 Å². The summed E-state index contributed by atoms with van der Waals surface area (Å²) in [6.07, 6.45) is 0. The van der Waals surface area contributed by atoms with E-state index in [1.165, 1.54) is 24.3 Å². The van der Waals surface area contributed by atoms with Crippen LogP contribution in [0.15, 0.2) is 36.4 Å². The van der Waals surface area contributed by atoms with E-state index in [1.807, 2.05) is 0 Å². The first-order valence-electron chi connectivity index (χ1n) is 6.55. The zero-order chi connectivity index (χ0) is 18.7. The number of anilines is 2. The van der Waals surface area contributed by atoms with Gasteiger partial charge in [-0.1, -0.05) is 12.1 Å². The first-order valence-corrected chi connectivity index (χ1v) is 6.55. The Bertz CT molecular complexity index is 837. The molecule has 128 valence electrons. The molecule has 0 amide bonds. The number of nitro groups is 3. The summed E-state index contributed by atoms with van der Waals surface area (Å²) in [4.78, 5) is 30.2. The van der Waals surface area contributed by atoms with Gasteiger partial charge in [-0.2, -0.15) is 0 Å². The third-order valence-corrected chi connectivity index (χ3v) is 3.14. The summed E-state index contributed by atoms with van der Waals surface area (Å²) in [6.45, 7) is 0. The summed E-state index contributed by atoms with van der Waals surface area (Å²) in [5.74, 6) is 0. The monoisotopic (exact) mass is 348 g/mol. The normalized spacial score (nSPS) is 10.2. The third-order valence-electron chi connectivity index (χ3n) is 3.14. The number of non-ortho nitro benzene ring substituents is 1. The fourth-order valence-electron chi connectivity index (χ4n) is 2.04. The van der Waals surface area contributed by atoms with E-state index < -0.39 is 44.6 Å². The Labute approximate surface area is 138 Å². The molecule has 13 heteroatoms. The molecule has 0 aromatic heterocycles. The van der Waals surface area contributed by atoms with E-state index in [-0.39, 0.29) is 11.2 Å². The number of nitro benzene ring substituents is 3. The molecule has 0 saturated heterocycles. The van der Waals surface area contributed by atoms with Crippen LogP contribution in [-0.4, -0.2) is 31.9 Å². The van der Waals surface area contributed by atoms with E-state index in [9.17, 15) is 30.3 Å². The molecule has 0 aliphatic rings. The topological polar surface area (TPSA) is 182 Å². The van der Waals surface area contributed by atoms with Crippen molar-refractivity contribution in [3.8, 4) is 0 Å². The van der Waals surface area contributed by atoms with Crippen LogP contribution in [0, 0.1) is 30.3 Å². The summed E-state index contributed by atoms with van der Waals surface area (Å²) in [5.41, 5.74) is -2.97. The van der Waals surface area contributed by atoms with Crippen molar-refractivity contribution < 1.29 is 24.8 Å². The van der Waals surface area contributed by atoms with Crippen molar-refractivity contribution in [2.24, 2.45) is 0 Å². The van der Waals surface area contributed by atoms with Crippen molar-refractivity contribution >= 4 is 41.0 Å². The van der Waals surface area contributed by atoms with Crippen LogP contribution < -0.4 is 10.8 Å². The predicted molar refractivity (Wildman–Crippen MR) is 86.0 cm³/mol. The van der Waals surface area contributed by atoms with Crippen LogP contribution in [0.5, 0.6) is 0 Å². The second kappa shape index (κ2) is 6.90. The number of nitrogens with one attached hydrogen (secondary N) is 1. The van der Waals surface area contributed by atoms with Crippen LogP contribution in [0.4, 0.5) is 28.4 Å². The molecule has 0 unspecified atom stereocenters. The molecule has 3 N–H and O–H groups in total. The van der Waals surface area contributed by atoms with Gasteiger partial charge in [0.1, 0.15) is 0 Å². The van der Waals surface area contributed by atoms with E-state index in [4.69, 9.17) is 10.0 Å². The summed E-state index contributed by atoms with van der Waals surface area (Å²) in [5, 5.41) is 53.9. The van der Waals surface area contributed by atoms with Crippen LogP contribution in [0.1, 0.15) is 0 Å². The van der Waals surface area contributed by atoms with Crippen molar-refractivity contribution in [2.75, 3.05) is 5.32 Å². The number of rotatable bonds is 6. The van der Waals surface area contributed by atoms with Crippen molar-refractivity contribution in [1.82, 2.24) is 0 Å². The van der Waals surface area contributed by atoms with Gasteiger partial charge in [-0.15, -0.1) is 0 Å². The second-order valence-electron chi connectivity index (χ2n) is 4.75. The lowest BCUT2D eigenvalue weighted by atomic mass is 9.80. The van der Waals surface area contributed by atoms with Gasteiger partial charge in [0.25, 0.3) is 5.69 Å². The molecule has 0 aliphatic heterocycles. The van der Waals surface area contributed by atoms with Crippen molar-refractivity contribution in [3.63, 3.8) is 0 Å². The summed E-state index contributed by atoms with van der Waals surface area (Å²) in [7, 11) is -1.82. The van der Waals surface area contributed by atoms with Gasteiger partial charge in [-0.3, -0.25) is 30.3 Å². The van der Waals surface area contributed by atoms with Crippen LogP contribution in [-0.2, 0) is 0 Å². The maximum absolute atomic E-state index is 11.2. The maximum atomic E-state index is 11.2. The van der Waals surface area contributed by atoms with Crippen molar-refractivity contribution in [1.29, 1.82) is 0 Å². The van der Waals surface area contributed by atoms with Crippen LogP contribution in [0.3, 0.4) is 0 Å². The van der Waals surface area contributed by atoms with Gasteiger partial charge in [-0.05, 0) is 17.6 Å². The highest BCUT2D eigenvalue weighted by atomic mass is 16.6. The van der Waals surface area contributed by atoms with E-state index >= 15 is 0 Å². The molecular formula is C12H9BN4O8. The van der Waals surface area contributed by atoms with Gasteiger partial charge in [0.2, 0.25) is 0 Å². The smallest absolute Gasteiger partial charge is 0.423 e. The third kappa shape index (κ3) is 3.85. The molecule has 0 atom stereocenters. The van der Waals surface area contributed by atoms with Gasteiger partial charge < -0.3 is 15.4 Å². The number of hydrogen-bond donors (Lipinski definition) is 3. The Hall–Kier alpha value is -3.58. The molecule has 0 fully saturated rings. The lowest BCUT2D eigenvalue weighted by Crippen LogP contribution is -2.29. The molecule has 0 bridgehead atoms. The minimum absolute atomic E-state index is 0.0391. The van der Waals surface area contributed by atoms with E-state index in [2.05, 4.69) is 5.32 Å². The van der Waals surface area contributed by atoms with Crippen molar-refractivity contribution in [2.45, 2.75) is 0 Å². The minimum Gasteiger partial charge on any atom is -0.423 e. The molecule has 0 aliphatic carbocycles. The summed E-state index contributed by atoms with van der Waals surface area (Å²) in [6, 6.07) is 6.52. The van der Waals surface area contributed by atoms with E-state index in [0.717, 1.165) is 0 Å². The van der Waals surface area contributed by atoms with Crippen molar-refractivity contribution in [3.05, 3.63) is 66.7 Å². The van der Waals surface area contributed by atoms with Gasteiger partial charge in [0.15, 0.2) is 5.69 Å². The Morgan fingerprint density at radius 1 is 0.880 bits per heavy atom. The minimum atomic E-state index is -1.82. The van der Waals surface area contributed by atoms with Gasteiger partial charge in [0, 0.05) is 5.69 Å². The zero-order valence-corrected chi connectivity index (χ0v) is 12.2. The fourth-order valence-corrected chi connectivity index (χ4v) is 2.04. The summed E-state index contributed by atoms with van der Waals surface area (Å²) < 4.78 is 0. The number of benzene rings is 2. The molecule has 0 radical (unpaired) electrons. The average Bonchev–Trinajstić information content (AvgIpc) is 2.54. The predicted octanol–water partition coefficient (Wildman–Crippen LogP) is 0.835. The SMILES string of the molecule is O=[N+]([O-])c1cc([N+](=O)[O-])c(Nc2cccc(B(O)O)c2)c([N+](=O)[O-])c1. The standard InChI is InChI=1S/C12H9BN4O8/c18-13(19)7-2-1-3-8(4-7)14-12-10(16(22)23)5-9(15(20)21)6-11(12)17(24)25/h1-6,14,18-19H. The molecule has 2 aromatic carbocycles. The van der Waals surface area contributed by atoms with E-state index in [1.54, 1.807) is 0 Å². The Kier molecular flexibility index (Phi) is 4.90. The van der Waals surface area contributed by atoms with E-state index in [0.29, 0.717) is 12.1 Å². The van der Waals surface area contributed by atoms with Crippen LogP contribution in [0.2, 0.25) is 0 Å². The Morgan fingerprint density at radius 3 is 1.88 bits per heavy atom. The highest BCUT2D eigenvalue weighted by Crippen LogP contribution is 2.39. The molecule has 2 aromatic rings. The number of hydrogen-bond acceptors (Lipinski definition) is 9. The quantitative estimate of drug-likeness (QED) is 0.387. The highest BCUT2D eigenvalue weighted by molar-refractivity contribution is 6.58. The maximum Gasteiger partial charge on any atom is 0.488 e. The Balaban J connectivity index is 2.62. The fraction of sp³-hybridized carbons (Fsp3) is 0. The molecule has 0 heterocycles. The molecule has 0 spiro atoms. The first-order chi connectivity index (χ1) is 11.7. The largest absolute Gasteiger partial charge is 0.488 e. The zero-order valence-electron chi connectivity index (χ0n) is 12.2. The second-order valence-corrected chi connectivity index (χ2v) is 4.75. The molecule has 2 rings (SSSR count). The number of nitrogens with zero attached hydrogens (tertiary/aromatic N) is 3. The lowest BCUT2D eigenvalue weighted by Gasteiger charge is -2.09. The summed E-state index contributed by atoms with van der Waals surface area (Å²) >= 11 is 0. The lowest BCUT2D eigenvalue weighted by molar-refractivity contribution is -0.401. The van der Waals surface area contributed by atoms with Crippen LogP contribution in [0.25, 0.3) is 0 Å². The van der Waals surface area contributed by atoms with Gasteiger partial charge >= 0.3 is 18.5 Å². The van der Waals surface area contributed by atoms with Gasteiger partial charge in [-0.25, -0.2) is 0 Å². The highest BCUT2D eigenvalue weighted by Gasteiger charge is 2.30. The molecule has 25 heavy (non-hydrogen) atoms. The Morgan fingerprint density at radius 2 is 1.44 bits per heavy atom. The first kappa shape index (κ1) is 17.8. The molecular weight excluding hydrogens is 339 g/mol. The average molecular weight is 348 g/mol. The molecule has 0 saturated carbocycles. The molecule has 12 nitrogen and oxygen atoms in total. The van der Waals surface area contributed by atoms with Crippen LogP contribution >= 0.6 is 0 Å².